The molecule has 3 amide bonds. The predicted molar refractivity (Wildman–Crippen MR) is 104 cm³/mol. The standard InChI is InChI=1S/C20H21N3O4S/c1-12-5-8-15(10-13(12)2)28-18-16(4-3-9-21-18)19(25)27-11-17(24)23-20(26)22-14-6-7-14/h3-5,8-10,14H,6-7,11H2,1-2H3,(H2,22,23,24,26). The third-order valence-corrected chi connectivity index (χ3v) is 5.19. The average molecular weight is 399 g/mol. The maximum atomic E-state index is 12.4. The van der Waals surface area contributed by atoms with Crippen molar-refractivity contribution in [3.05, 3.63) is 53.2 Å². The van der Waals surface area contributed by atoms with Gasteiger partial charge in [-0.3, -0.25) is 10.1 Å². The number of aryl methyl sites for hydroxylation is 2. The fraction of sp³-hybridized carbons (Fsp3) is 0.300. The summed E-state index contributed by atoms with van der Waals surface area (Å²) in [5.74, 6) is -1.35. The van der Waals surface area contributed by atoms with Gasteiger partial charge >= 0.3 is 12.0 Å². The first kappa shape index (κ1) is 19.9. The number of nitrogens with zero attached hydrogens (tertiary/aromatic N) is 1. The van der Waals surface area contributed by atoms with Gasteiger partial charge in [-0.15, -0.1) is 0 Å². The van der Waals surface area contributed by atoms with Gasteiger partial charge in [0.1, 0.15) is 5.03 Å². The molecular formula is C20H21N3O4S. The number of urea groups is 1. The molecule has 0 atom stereocenters. The minimum atomic E-state index is -0.682. The molecule has 1 aromatic heterocycles. The summed E-state index contributed by atoms with van der Waals surface area (Å²) in [4.78, 5) is 40.9. The Kier molecular flexibility index (Phi) is 6.30. The molecule has 1 saturated carbocycles. The maximum absolute atomic E-state index is 12.4. The number of imide groups is 1. The van der Waals surface area contributed by atoms with Gasteiger partial charge < -0.3 is 10.1 Å². The van der Waals surface area contributed by atoms with Crippen molar-refractivity contribution in [1.82, 2.24) is 15.6 Å². The number of aromatic nitrogens is 1. The summed E-state index contributed by atoms with van der Waals surface area (Å²) >= 11 is 1.35. The van der Waals surface area contributed by atoms with Crippen LogP contribution in [0.5, 0.6) is 0 Å². The van der Waals surface area contributed by atoms with Gasteiger partial charge in [-0.2, -0.15) is 0 Å². The van der Waals surface area contributed by atoms with Crippen LogP contribution in [0.25, 0.3) is 0 Å². The number of pyridine rings is 1. The van der Waals surface area contributed by atoms with E-state index >= 15 is 0 Å². The van der Waals surface area contributed by atoms with Crippen molar-refractivity contribution in [3.8, 4) is 0 Å². The van der Waals surface area contributed by atoms with E-state index in [2.05, 4.69) is 15.6 Å². The third-order valence-electron chi connectivity index (χ3n) is 4.18. The monoisotopic (exact) mass is 399 g/mol. The highest BCUT2D eigenvalue weighted by atomic mass is 32.2. The molecule has 0 bridgehead atoms. The van der Waals surface area contributed by atoms with E-state index in [1.165, 1.54) is 17.3 Å². The van der Waals surface area contributed by atoms with Crippen LogP contribution in [-0.2, 0) is 9.53 Å². The van der Waals surface area contributed by atoms with Gasteiger partial charge in [0.05, 0.1) is 5.56 Å². The summed E-state index contributed by atoms with van der Waals surface area (Å²) < 4.78 is 5.05. The van der Waals surface area contributed by atoms with Gasteiger partial charge in [0.25, 0.3) is 5.91 Å². The molecule has 0 saturated heterocycles. The Bertz CT molecular complexity index is 912. The molecule has 1 aromatic carbocycles. The molecule has 2 N–H and O–H groups in total. The fourth-order valence-electron chi connectivity index (χ4n) is 2.34. The zero-order valence-corrected chi connectivity index (χ0v) is 16.5. The lowest BCUT2D eigenvalue weighted by molar-refractivity contribution is -0.123. The molecule has 8 heteroatoms. The summed E-state index contributed by atoms with van der Waals surface area (Å²) in [7, 11) is 0. The Morgan fingerprint density at radius 1 is 1.18 bits per heavy atom. The number of esters is 1. The molecule has 28 heavy (non-hydrogen) atoms. The van der Waals surface area contributed by atoms with Crippen LogP contribution in [-0.4, -0.2) is 35.5 Å². The molecule has 0 unspecified atom stereocenters. The molecular weight excluding hydrogens is 378 g/mol. The van der Waals surface area contributed by atoms with E-state index in [9.17, 15) is 14.4 Å². The topological polar surface area (TPSA) is 97.4 Å². The van der Waals surface area contributed by atoms with Gasteiger partial charge in [-0.1, -0.05) is 17.8 Å². The number of benzene rings is 1. The van der Waals surface area contributed by atoms with Crippen molar-refractivity contribution in [1.29, 1.82) is 0 Å². The average Bonchev–Trinajstić information content (AvgIpc) is 3.47. The zero-order chi connectivity index (χ0) is 20.1. The zero-order valence-electron chi connectivity index (χ0n) is 15.7. The van der Waals surface area contributed by atoms with Crippen LogP contribution >= 0.6 is 11.8 Å². The number of carbonyl (C=O) groups excluding carboxylic acids is 3. The SMILES string of the molecule is Cc1ccc(Sc2ncccc2C(=O)OCC(=O)NC(=O)NC2CC2)cc1C. The van der Waals surface area contributed by atoms with E-state index in [-0.39, 0.29) is 11.6 Å². The number of amides is 3. The smallest absolute Gasteiger partial charge is 0.341 e. The molecule has 1 fully saturated rings. The Morgan fingerprint density at radius 3 is 2.68 bits per heavy atom. The quantitative estimate of drug-likeness (QED) is 0.725. The van der Waals surface area contributed by atoms with Crippen LogP contribution in [0.3, 0.4) is 0 Å². The molecule has 3 rings (SSSR count). The summed E-state index contributed by atoms with van der Waals surface area (Å²) in [5.41, 5.74) is 2.59. The van der Waals surface area contributed by atoms with E-state index in [4.69, 9.17) is 4.74 Å². The van der Waals surface area contributed by atoms with Crippen LogP contribution in [0.15, 0.2) is 46.5 Å². The number of hydrogen-bond acceptors (Lipinski definition) is 6. The Hall–Kier alpha value is -2.87. The van der Waals surface area contributed by atoms with Gasteiger partial charge in [-0.05, 0) is 62.1 Å². The normalized spacial score (nSPS) is 12.9. The van der Waals surface area contributed by atoms with Crippen molar-refractivity contribution in [3.63, 3.8) is 0 Å². The van der Waals surface area contributed by atoms with Gasteiger partial charge in [0.2, 0.25) is 0 Å². The van der Waals surface area contributed by atoms with Gasteiger partial charge in [-0.25, -0.2) is 14.6 Å². The lowest BCUT2D eigenvalue weighted by Crippen LogP contribution is -2.42. The van der Waals surface area contributed by atoms with Crippen molar-refractivity contribution < 1.29 is 19.1 Å². The molecule has 0 spiro atoms. The molecule has 1 aliphatic carbocycles. The molecule has 146 valence electrons. The minimum Gasteiger partial charge on any atom is -0.452 e. The molecule has 1 aliphatic rings. The number of ether oxygens (including phenoxy) is 1. The van der Waals surface area contributed by atoms with Crippen molar-refractivity contribution in [2.45, 2.75) is 42.7 Å². The summed E-state index contributed by atoms with van der Waals surface area (Å²) in [6.45, 7) is 3.51. The Morgan fingerprint density at radius 2 is 1.96 bits per heavy atom. The first-order valence-corrected chi connectivity index (χ1v) is 9.71. The van der Waals surface area contributed by atoms with Crippen LogP contribution in [0.2, 0.25) is 0 Å². The second-order valence-electron chi connectivity index (χ2n) is 6.58. The molecule has 0 radical (unpaired) electrons. The van der Waals surface area contributed by atoms with Crippen molar-refractivity contribution in [2.75, 3.05) is 6.61 Å². The molecule has 1 heterocycles. The van der Waals surface area contributed by atoms with Crippen molar-refractivity contribution >= 4 is 29.7 Å². The van der Waals surface area contributed by atoms with Gasteiger partial charge in [0, 0.05) is 17.1 Å². The van der Waals surface area contributed by atoms with Crippen LogP contribution in [0.1, 0.15) is 34.3 Å². The van der Waals surface area contributed by atoms with Crippen LogP contribution in [0, 0.1) is 13.8 Å². The number of hydrogen-bond donors (Lipinski definition) is 2. The number of rotatable bonds is 6. The summed E-state index contributed by atoms with van der Waals surface area (Å²) in [5, 5.41) is 5.25. The second-order valence-corrected chi connectivity index (χ2v) is 7.64. The van der Waals surface area contributed by atoms with Crippen molar-refractivity contribution in [2.24, 2.45) is 0 Å². The highest BCUT2D eigenvalue weighted by Crippen LogP contribution is 2.30. The fourth-order valence-corrected chi connectivity index (χ4v) is 3.31. The second kappa shape index (κ2) is 8.88. The molecule has 2 aromatic rings. The first-order valence-electron chi connectivity index (χ1n) is 8.90. The van der Waals surface area contributed by atoms with Crippen LogP contribution in [0.4, 0.5) is 4.79 Å². The van der Waals surface area contributed by atoms with E-state index in [0.29, 0.717) is 5.03 Å². The van der Waals surface area contributed by atoms with Gasteiger partial charge in [0.15, 0.2) is 6.61 Å². The lowest BCUT2D eigenvalue weighted by Gasteiger charge is -2.10. The molecule has 7 nitrogen and oxygen atoms in total. The molecule has 0 aliphatic heterocycles. The highest BCUT2D eigenvalue weighted by Gasteiger charge is 2.24. The van der Waals surface area contributed by atoms with E-state index in [1.54, 1.807) is 18.3 Å². The first-order chi connectivity index (χ1) is 13.4. The van der Waals surface area contributed by atoms with E-state index in [0.717, 1.165) is 23.3 Å². The summed E-state index contributed by atoms with van der Waals surface area (Å²) in [6.07, 6.45) is 3.42. The number of carbonyl (C=O) groups is 3. The predicted octanol–water partition coefficient (Wildman–Crippen LogP) is 2.99. The largest absolute Gasteiger partial charge is 0.452 e. The maximum Gasteiger partial charge on any atom is 0.341 e. The lowest BCUT2D eigenvalue weighted by atomic mass is 10.1. The number of nitrogens with one attached hydrogen (secondary N) is 2. The van der Waals surface area contributed by atoms with E-state index in [1.807, 2.05) is 32.0 Å². The van der Waals surface area contributed by atoms with Crippen LogP contribution < -0.4 is 10.6 Å². The summed E-state index contributed by atoms with van der Waals surface area (Å²) in [6, 6.07) is 8.78. The third kappa shape index (κ3) is 5.56. The Balaban J connectivity index is 1.59. The minimum absolute atomic E-state index is 0.135. The highest BCUT2D eigenvalue weighted by molar-refractivity contribution is 7.99. The van der Waals surface area contributed by atoms with E-state index < -0.39 is 24.5 Å². The Labute approximate surface area is 167 Å².